The first-order valence-electron chi connectivity index (χ1n) is 6.25. The standard InChI is InChI=1S/C13H20N2O3/c1-3-5-8-14-12(18)15-9-7-13(10-15,6-4-2)11(16)17/h1H,4-10H2,2H3,(H,14,18)(H,16,17). The van der Waals surface area contributed by atoms with Crippen molar-refractivity contribution < 1.29 is 14.7 Å². The number of carboxylic acid groups (broad SMARTS) is 1. The maximum absolute atomic E-state index is 11.8. The first-order valence-corrected chi connectivity index (χ1v) is 6.25. The van der Waals surface area contributed by atoms with Crippen LogP contribution in [0, 0.1) is 17.8 Å². The molecule has 0 aromatic heterocycles. The molecule has 0 aliphatic carbocycles. The van der Waals surface area contributed by atoms with Crippen LogP contribution in [0.1, 0.15) is 32.6 Å². The number of urea groups is 1. The Morgan fingerprint density at radius 3 is 2.83 bits per heavy atom. The zero-order valence-electron chi connectivity index (χ0n) is 10.7. The molecule has 5 heteroatoms. The summed E-state index contributed by atoms with van der Waals surface area (Å²) in [6, 6.07) is -0.218. The second-order valence-corrected chi connectivity index (χ2v) is 4.69. The van der Waals surface area contributed by atoms with Crippen LogP contribution in [0.5, 0.6) is 0 Å². The Morgan fingerprint density at radius 1 is 1.56 bits per heavy atom. The lowest BCUT2D eigenvalue weighted by molar-refractivity contribution is -0.148. The van der Waals surface area contributed by atoms with E-state index in [0.717, 1.165) is 6.42 Å². The van der Waals surface area contributed by atoms with Crippen molar-refractivity contribution in [2.45, 2.75) is 32.6 Å². The van der Waals surface area contributed by atoms with E-state index in [1.807, 2.05) is 6.92 Å². The van der Waals surface area contributed by atoms with Gasteiger partial charge in [-0.15, -0.1) is 12.3 Å². The van der Waals surface area contributed by atoms with E-state index in [2.05, 4.69) is 11.2 Å². The number of nitrogens with one attached hydrogen (secondary N) is 1. The Kier molecular flexibility index (Phi) is 5.02. The zero-order valence-corrected chi connectivity index (χ0v) is 10.7. The fourth-order valence-corrected chi connectivity index (χ4v) is 2.36. The maximum atomic E-state index is 11.8. The van der Waals surface area contributed by atoms with Gasteiger partial charge in [-0.2, -0.15) is 0 Å². The van der Waals surface area contributed by atoms with Gasteiger partial charge in [-0.05, 0) is 12.8 Å². The zero-order chi connectivity index (χ0) is 13.6. The molecule has 1 saturated heterocycles. The molecule has 0 radical (unpaired) electrons. The maximum Gasteiger partial charge on any atom is 0.317 e. The molecule has 1 rings (SSSR count). The minimum Gasteiger partial charge on any atom is -0.481 e. The third kappa shape index (κ3) is 3.16. The molecule has 1 aliphatic heterocycles. The Labute approximate surface area is 108 Å². The van der Waals surface area contributed by atoms with Crippen molar-refractivity contribution in [2.75, 3.05) is 19.6 Å². The smallest absolute Gasteiger partial charge is 0.317 e. The molecule has 5 nitrogen and oxygen atoms in total. The largest absolute Gasteiger partial charge is 0.481 e. The van der Waals surface area contributed by atoms with Crippen LogP contribution in [-0.4, -0.2) is 41.6 Å². The summed E-state index contributed by atoms with van der Waals surface area (Å²) in [4.78, 5) is 24.7. The number of terminal acetylenes is 1. The fraction of sp³-hybridized carbons (Fsp3) is 0.692. The molecule has 0 aromatic carbocycles. The summed E-state index contributed by atoms with van der Waals surface area (Å²) in [6.45, 7) is 3.17. The van der Waals surface area contributed by atoms with Crippen molar-refractivity contribution in [3.05, 3.63) is 0 Å². The van der Waals surface area contributed by atoms with Crippen LogP contribution >= 0.6 is 0 Å². The highest BCUT2D eigenvalue weighted by molar-refractivity contribution is 5.79. The van der Waals surface area contributed by atoms with Crippen LogP contribution in [-0.2, 0) is 4.79 Å². The van der Waals surface area contributed by atoms with Gasteiger partial charge in [0.2, 0.25) is 0 Å². The quantitative estimate of drug-likeness (QED) is 0.572. The van der Waals surface area contributed by atoms with Crippen molar-refractivity contribution in [2.24, 2.45) is 5.41 Å². The van der Waals surface area contributed by atoms with Gasteiger partial charge in [0.1, 0.15) is 0 Å². The molecule has 0 aromatic rings. The highest BCUT2D eigenvalue weighted by Crippen LogP contribution is 2.35. The van der Waals surface area contributed by atoms with E-state index in [1.165, 1.54) is 0 Å². The molecule has 1 atom stereocenters. The fourth-order valence-electron chi connectivity index (χ4n) is 2.36. The van der Waals surface area contributed by atoms with Crippen LogP contribution in [0.2, 0.25) is 0 Å². The van der Waals surface area contributed by atoms with E-state index in [1.54, 1.807) is 4.90 Å². The second-order valence-electron chi connectivity index (χ2n) is 4.69. The number of carboxylic acids is 1. The van der Waals surface area contributed by atoms with Crippen molar-refractivity contribution in [1.82, 2.24) is 10.2 Å². The number of hydrogen-bond acceptors (Lipinski definition) is 2. The van der Waals surface area contributed by atoms with Crippen molar-refractivity contribution in [3.8, 4) is 12.3 Å². The summed E-state index contributed by atoms with van der Waals surface area (Å²) in [5.41, 5.74) is -0.766. The van der Waals surface area contributed by atoms with Crippen molar-refractivity contribution in [3.63, 3.8) is 0 Å². The number of amides is 2. The highest BCUT2D eigenvalue weighted by atomic mass is 16.4. The minimum absolute atomic E-state index is 0.218. The van der Waals surface area contributed by atoms with Crippen molar-refractivity contribution >= 4 is 12.0 Å². The predicted octanol–water partition coefficient (Wildman–Crippen LogP) is 1.30. The van der Waals surface area contributed by atoms with Crippen LogP contribution in [0.25, 0.3) is 0 Å². The lowest BCUT2D eigenvalue weighted by Gasteiger charge is -2.24. The first-order chi connectivity index (χ1) is 8.55. The molecule has 18 heavy (non-hydrogen) atoms. The van der Waals surface area contributed by atoms with E-state index in [-0.39, 0.29) is 12.6 Å². The molecular weight excluding hydrogens is 232 g/mol. The number of hydrogen-bond donors (Lipinski definition) is 2. The second kappa shape index (κ2) is 6.29. The van der Waals surface area contributed by atoms with Gasteiger partial charge < -0.3 is 15.3 Å². The molecular formula is C13H20N2O3. The van der Waals surface area contributed by atoms with Gasteiger partial charge in [-0.25, -0.2) is 4.79 Å². The lowest BCUT2D eigenvalue weighted by Crippen LogP contribution is -2.42. The highest BCUT2D eigenvalue weighted by Gasteiger charge is 2.45. The molecule has 100 valence electrons. The average Bonchev–Trinajstić information content (AvgIpc) is 2.75. The van der Waals surface area contributed by atoms with Gasteiger partial charge >= 0.3 is 12.0 Å². The van der Waals surface area contributed by atoms with Crippen LogP contribution < -0.4 is 5.32 Å². The van der Waals surface area contributed by atoms with E-state index in [0.29, 0.717) is 32.4 Å². The van der Waals surface area contributed by atoms with E-state index in [4.69, 9.17) is 6.42 Å². The number of likely N-dealkylation sites (tertiary alicyclic amines) is 1. The van der Waals surface area contributed by atoms with Gasteiger partial charge in [0, 0.05) is 26.1 Å². The van der Waals surface area contributed by atoms with Crippen LogP contribution in [0.3, 0.4) is 0 Å². The number of carbonyl (C=O) groups excluding carboxylic acids is 1. The SMILES string of the molecule is C#CCCNC(=O)N1CCC(CCC)(C(=O)O)C1. The number of carbonyl (C=O) groups is 2. The molecule has 2 amide bonds. The topological polar surface area (TPSA) is 69.6 Å². The number of nitrogens with zero attached hydrogens (tertiary/aromatic N) is 1. The molecule has 1 unspecified atom stereocenters. The lowest BCUT2D eigenvalue weighted by atomic mass is 9.83. The van der Waals surface area contributed by atoms with Gasteiger partial charge in [-0.1, -0.05) is 13.3 Å². The Bertz CT molecular complexity index is 362. The summed E-state index contributed by atoms with van der Waals surface area (Å²) in [5.74, 6) is 1.64. The number of aliphatic carboxylic acids is 1. The molecule has 0 saturated carbocycles. The normalized spacial score (nSPS) is 22.6. The van der Waals surface area contributed by atoms with Gasteiger partial charge in [-0.3, -0.25) is 4.79 Å². The first kappa shape index (κ1) is 14.4. The molecule has 1 fully saturated rings. The van der Waals surface area contributed by atoms with E-state index < -0.39 is 11.4 Å². The van der Waals surface area contributed by atoms with Crippen molar-refractivity contribution in [1.29, 1.82) is 0 Å². The van der Waals surface area contributed by atoms with Gasteiger partial charge in [0.05, 0.1) is 5.41 Å². The number of rotatable bonds is 5. The summed E-state index contributed by atoms with van der Waals surface area (Å²) in [5, 5.41) is 12.0. The molecule has 1 aliphatic rings. The predicted molar refractivity (Wildman–Crippen MR) is 68.0 cm³/mol. The minimum atomic E-state index is -0.803. The Morgan fingerprint density at radius 2 is 2.28 bits per heavy atom. The van der Waals surface area contributed by atoms with E-state index in [9.17, 15) is 14.7 Å². The summed E-state index contributed by atoms with van der Waals surface area (Å²) in [6.07, 6.45) is 7.52. The molecule has 2 N–H and O–H groups in total. The third-order valence-electron chi connectivity index (χ3n) is 3.37. The molecule has 0 bridgehead atoms. The summed E-state index contributed by atoms with van der Waals surface area (Å²) >= 11 is 0. The summed E-state index contributed by atoms with van der Waals surface area (Å²) < 4.78 is 0. The Hall–Kier alpha value is -1.70. The summed E-state index contributed by atoms with van der Waals surface area (Å²) in [7, 11) is 0. The monoisotopic (exact) mass is 252 g/mol. The van der Waals surface area contributed by atoms with Crippen LogP contribution in [0.4, 0.5) is 4.79 Å². The molecule has 0 spiro atoms. The average molecular weight is 252 g/mol. The van der Waals surface area contributed by atoms with Gasteiger partial charge in [0.25, 0.3) is 0 Å². The van der Waals surface area contributed by atoms with Crippen LogP contribution in [0.15, 0.2) is 0 Å². The third-order valence-corrected chi connectivity index (χ3v) is 3.37. The van der Waals surface area contributed by atoms with Gasteiger partial charge in [0.15, 0.2) is 0 Å². The molecule has 1 heterocycles. The Balaban J connectivity index is 2.55. The van der Waals surface area contributed by atoms with E-state index >= 15 is 0 Å².